The first kappa shape index (κ1) is 15.4. The minimum atomic E-state index is -0.970. The van der Waals surface area contributed by atoms with Crippen LogP contribution in [-0.2, 0) is 0 Å². The van der Waals surface area contributed by atoms with Gasteiger partial charge in [-0.15, -0.1) is 0 Å². The predicted octanol–water partition coefficient (Wildman–Crippen LogP) is 3.91. The summed E-state index contributed by atoms with van der Waals surface area (Å²) in [5.74, 6) is 0.325. The Labute approximate surface area is 131 Å². The van der Waals surface area contributed by atoms with Gasteiger partial charge in [0.15, 0.2) is 0 Å². The van der Waals surface area contributed by atoms with Crippen LogP contribution in [0.4, 0.5) is 0 Å². The van der Waals surface area contributed by atoms with E-state index in [4.69, 9.17) is 14.6 Å². The Bertz CT molecular complexity index is 640. The molecule has 2 aromatic rings. The van der Waals surface area contributed by atoms with Crippen LogP contribution in [0.25, 0.3) is 0 Å². The second kappa shape index (κ2) is 7.13. The Balaban J connectivity index is 1.83. The molecule has 0 atom stereocenters. The molecule has 1 N–H and O–H groups in total. The van der Waals surface area contributed by atoms with Crippen LogP contribution in [0.2, 0.25) is 0 Å². The van der Waals surface area contributed by atoms with Gasteiger partial charge in [-0.2, -0.15) is 0 Å². The number of carboxylic acids is 1. The molecule has 4 nitrogen and oxygen atoms in total. The van der Waals surface area contributed by atoms with Crippen LogP contribution in [0.1, 0.15) is 15.9 Å². The highest BCUT2D eigenvalue weighted by molar-refractivity contribution is 9.10. The quantitative estimate of drug-likeness (QED) is 0.802. The van der Waals surface area contributed by atoms with Crippen molar-refractivity contribution in [2.24, 2.45) is 0 Å². The van der Waals surface area contributed by atoms with Crippen LogP contribution >= 0.6 is 15.9 Å². The van der Waals surface area contributed by atoms with Crippen molar-refractivity contribution in [1.82, 2.24) is 0 Å². The molecule has 0 saturated carbocycles. The van der Waals surface area contributed by atoms with Crippen molar-refractivity contribution in [3.63, 3.8) is 0 Å². The largest absolute Gasteiger partial charge is 0.490 e. The van der Waals surface area contributed by atoms with Crippen LogP contribution in [0.15, 0.2) is 46.9 Å². The monoisotopic (exact) mass is 350 g/mol. The van der Waals surface area contributed by atoms with Crippen molar-refractivity contribution >= 4 is 21.9 Å². The molecule has 5 heteroatoms. The first-order chi connectivity index (χ1) is 10.1. The first-order valence-corrected chi connectivity index (χ1v) is 7.20. The Kier molecular flexibility index (Phi) is 5.22. The summed E-state index contributed by atoms with van der Waals surface area (Å²) in [6.45, 7) is 2.72. The Morgan fingerprint density at radius 1 is 1.10 bits per heavy atom. The molecule has 21 heavy (non-hydrogen) atoms. The van der Waals surface area contributed by atoms with E-state index in [1.165, 1.54) is 12.1 Å². The number of aryl methyl sites for hydroxylation is 1. The maximum atomic E-state index is 10.8. The number of ether oxygens (including phenoxy) is 2. The summed E-state index contributed by atoms with van der Waals surface area (Å²) in [5.41, 5.74) is 1.31. The molecular weight excluding hydrogens is 336 g/mol. The van der Waals surface area contributed by atoms with Crippen LogP contribution in [-0.4, -0.2) is 24.3 Å². The molecule has 110 valence electrons. The molecule has 0 aromatic heterocycles. The van der Waals surface area contributed by atoms with E-state index >= 15 is 0 Å². The molecule has 0 fully saturated rings. The fourth-order valence-corrected chi connectivity index (χ4v) is 1.99. The van der Waals surface area contributed by atoms with Gasteiger partial charge < -0.3 is 14.6 Å². The lowest BCUT2D eigenvalue weighted by atomic mass is 10.2. The van der Waals surface area contributed by atoms with Gasteiger partial charge >= 0.3 is 5.97 Å². The van der Waals surface area contributed by atoms with E-state index in [-0.39, 0.29) is 5.56 Å². The average Bonchev–Trinajstić information content (AvgIpc) is 2.47. The SMILES string of the molecule is Cc1cc(OCCOc2cccc(C(=O)O)c2)ccc1Br. The average molecular weight is 351 g/mol. The number of aromatic carboxylic acids is 1. The van der Waals surface area contributed by atoms with Gasteiger partial charge in [0.05, 0.1) is 5.56 Å². The lowest BCUT2D eigenvalue weighted by molar-refractivity contribution is 0.0696. The minimum Gasteiger partial charge on any atom is -0.490 e. The Hall–Kier alpha value is -2.01. The topological polar surface area (TPSA) is 55.8 Å². The van der Waals surface area contributed by atoms with Crippen LogP contribution < -0.4 is 9.47 Å². The van der Waals surface area contributed by atoms with Crippen molar-refractivity contribution < 1.29 is 19.4 Å². The molecule has 0 bridgehead atoms. The maximum absolute atomic E-state index is 10.8. The highest BCUT2D eigenvalue weighted by atomic mass is 79.9. The van der Waals surface area contributed by atoms with E-state index in [9.17, 15) is 4.79 Å². The molecule has 0 saturated heterocycles. The third kappa shape index (κ3) is 4.49. The molecule has 0 radical (unpaired) electrons. The predicted molar refractivity (Wildman–Crippen MR) is 83.3 cm³/mol. The van der Waals surface area contributed by atoms with E-state index in [1.54, 1.807) is 12.1 Å². The Morgan fingerprint density at radius 2 is 1.76 bits per heavy atom. The number of hydrogen-bond acceptors (Lipinski definition) is 3. The fourth-order valence-electron chi connectivity index (χ4n) is 1.74. The van der Waals surface area contributed by atoms with Gasteiger partial charge in [0.2, 0.25) is 0 Å². The van der Waals surface area contributed by atoms with Gasteiger partial charge in [0.25, 0.3) is 0 Å². The van der Waals surface area contributed by atoms with Gasteiger partial charge in [-0.1, -0.05) is 22.0 Å². The van der Waals surface area contributed by atoms with Gasteiger partial charge in [0, 0.05) is 4.47 Å². The van der Waals surface area contributed by atoms with Crippen LogP contribution in [0.5, 0.6) is 11.5 Å². The Morgan fingerprint density at radius 3 is 2.38 bits per heavy atom. The molecule has 0 spiro atoms. The van der Waals surface area contributed by atoms with Gasteiger partial charge in [-0.3, -0.25) is 0 Å². The van der Waals surface area contributed by atoms with Crippen LogP contribution in [0, 0.1) is 6.92 Å². The number of halogens is 1. The molecule has 2 aromatic carbocycles. The standard InChI is InChI=1S/C16H15BrO4/c1-11-9-14(5-6-15(11)17)21-8-7-20-13-4-2-3-12(10-13)16(18)19/h2-6,9-10H,7-8H2,1H3,(H,18,19). The summed E-state index contributed by atoms with van der Waals surface area (Å²) in [6, 6.07) is 12.1. The molecule has 0 aliphatic carbocycles. The summed E-state index contributed by atoms with van der Waals surface area (Å²) in [6.07, 6.45) is 0. The minimum absolute atomic E-state index is 0.206. The van der Waals surface area contributed by atoms with Crippen molar-refractivity contribution in [3.8, 4) is 11.5 Å². The van der Waals surface area contributed by atoms with Crippen LogP contribution in [0.3, 0.4) is 0 Å². The zero-order valence-corrected chi connectivity index (χ0v) is 13.1. The van der Waals surface area contributed by atoms with E-state index in [2.05, 4.69) is 15.9 Å². The third-order valence-electron chi connectivity index (χ3n) is 2.83. The first-order valence-electron chi connectivity index (χ1n) is 6.41. The van der Waals surface area contributed by atoms with Gasteiger partial charge in [-0.25, -0.2) is 4.79 Å². The number of rotatable bonds is 6. The highest BCUT2D eigenvalue weighted by Crippen LogP contribution is 2.21. The summed E-state index contributed by atoms with van der Waals surface area (Å²) in [4.78, 5) is 10.8. The highest BCUT2D eigenvalue weighted by Gasteiger charge is 2.04. The molecule has 0 aliphatic rings. The molecule has 0 aliphatic heterocycles. The van der Waals surface area contributed by atoms with Gasteiger partial charge in [0.1, 0.15) is 24.7 Å². The van der Waals surface area contributed by atoms with E-state index < -0.39 is 5.97 Å². The lowest BCUT2D eigenvalue weighted by Gasteiger charge is -2.09. The van der Waals surface area contributed by atoms with Crippen molar-refractivity contribution in [2.45, 2.75) is 6.92 Å². The maximum Gasteiger partial charge on any atom is 0.335 e. The second-order valence-electron chi connectivity index (χ2n) is 4.44. The summed E-state index contributed by atoms with van der Waals surface area (Å²) in [5, 5.41) is 8.89. The zero-order chi connectivity index (χ0) is 15.2. The summed E-state index contributed by atoms with van der Waals surface area (Å²) in [7, 11) is 0. The molecule has 0 unspecified atom stereocenters. The van der Waals surface area contributed by atoms with Crippen molar-refractivity contribution in [2.75, 3.05) is 13.2 Å². The molecule has 0 heterocycles. The molecular formula is C16H15BrO4. The van der Waals surface area contributed by atoms with Crippen molar-refractivity contribution in [3.05, 3.63) is 58.1 Å². The summed E-state index contributed by atoms with van der Waals surface area (Å²) < 4.78 is 12.1. The lowest BCUT2D eigenvalue weighted by Crippen LogP contribution is -2.09. The zero-order valence-electron chi connectivity index (χ0n) is 11.5. The number of hydrogen-bond donors (Lipinski definition) is 1. The summed E-state index contributed by atoms with van der Waals surface area (Å²) >= 11 is 3.43. The molecule has 2 rings (SSSR count). The van der Waals surface area contributed by atoms with Crippen molar-refractivity contribution in [1.29, 1.82) is 0 Å². The smallest absolute Gasteiger partial charge is 0.335 e. The molecule has 0 amide bonds. The number of carbonyl (C=O) groups is 1. The van der Waals surface area contributed by atoms with Gasteiger partial charge in [-0.05, 0) is 48.9 Å². The second-order valence-corrected chi connectivity index (χ2v) is 5.30. The van der Waals surface area contributed by atoms with E-state index in [1.807, 2.05) is 25.1 Å². The fraction of sp³-hybridized carbons (Fsp3) is 0.188. The number of carboxylic acid groups (broad SMARTS) is 1. The van der Waals surface area contributed by atoms with E-state index in [0.717, 1.165) is 15.8 Å². The normalized spacial score (nSPS) is 10.2. The number of benzene rings is 2. The van der Waals surface area contributed by atoms with E-state index in [0.29, 0.717) is 19.0 Å². The third-order valence-corrected chi connectivity index (χ3v) is 3.72.